The highest BCUT2D eigenvalue weighted by Gasteiger charge is 2.11. The first-order chi connectivity index (χ1) is 9.94. The van der Waals surface area contributed by atoms with Gasteiger partial charge in [-0.05, 0) is 29.7 Å². The summed E-state index contributed by atoms with van der Waals surface area (Å²) in [5, 5.41) is 15.2. The summed E-state index contributed by atoms with van der Waals surface area (Å²) < 4.78 is 0. The van der Waals surface area contributed by atoms with Crippen molar-refractivity contribution in [3.63, 3.8) is 0 Å². The molecule has 1 aromatic carbocycles. The van der Waals surface area contributed by atoms with E-state index < -0.39 is 0 Å². The Labute approximate surface area is 126 Å². The number of aliphatic imine (C=N–C) groups is 1. The summed E-state index contributed by atoms with van der Waals surface area (Å²) in [5.41, 5.74) is 6.90. The molecule has 4 N–H and O–H groups in total. The minimum atomic E-state index is 0.119. The van der Waals surface area contributed by atoms with E-state index >= 15 is 0 Å². The van der Waals surface area contributed by atoms with E-state index in [0.29, 0.717) is 11.5 Å². The molecule has 0 saturated heterocycles. The second-order valence-corrected chi connectivity index (χ2v) is 5.68. The van der Waals surface area contributed by atoms with Gasteiger partial charge >= 0.3 is 0 Å². The van der Waals surface area contributed by atoms with Crippen LogP contribution in [0.15, 0.2) is 29.3 Å². The molecule has 1 aromatic rings. The van der Waals surface area contributed by atoms with Gasteiger partial charge in [0.2, 0.25) is 5.96 Å². The average molecular weight is 283 g/mol. The summed E-state index contributed by atoms with van der Waals surface area (Å²) >= 11 is 0. The molecule has 0 aliphatic heterocycles. The Morgan fingerprint density at radius 2 is 1.95 bits per heavy atom. The quantitative estimate of drug-likeness (QED) is 0.439. The van der Waals surface area contributed by atoms with E-state index in [-0.39, 0.29) is 12.0 Å². The van der Waals surface area contributed by atoms with Gasteiger partial charge in [-0.3, -0.25) is 0 Å². The van der Waals surface area contributed by atoms with Gasteiger partial charge < -0.3 is 16.4 Å². The van der Waals surface area contributed by atoms with E-state index in [9.17, 15) is 0 Å². The van der Waals surface area contributed by atoms with Gasteiger partial charge in [-0.25, -0.2) is 0 Å². The van der Waals surface area contributed by atoms with Crippen molar-refractivity contribution in [1.29, 1.82) is 5.26 Å². The number of anilines is 1. The lowest BCUT2D eigenvalue weighted by molar-refractivity contribution is 0.408. The first kappa shape index (κ1) is 16.6. The summed E-state index contributed by atoms with van der Waals surface area (Å²) in [6, 6.07) is 11.9. The Morgan fingerprint density at radius 1 is 1.29 bits per heavy atom. The molecule has 0 unspecified atom stereocenters. The van der Waals surface area contributed by atoms with E-state index in [1.165, 1.54) is 0 Å². The van der Waals surface area contributed by atoms with Crippen molar-refractivity contribution >= 4 is 11.6 Å². The van der Waals surface area contributed by atoms with Crippen LogP contribution in [-0.4, -0.2) is 19.0 Å². The van der Waals surface area contributed by atoms with Crippen molar-refractivity contribution in [3.05, 3.63) is 29.8 Å². The molecule has 1 rings (SSSR count). The lowest BCUT2D eigenvalue weighted by Crippen LogP contribution is -2.36. The van der Waals surface area contributed by atoms with E-state index in [1.807, 2.05) is 12.1 Å². The predicted octanol–water partition coefficient (Wildman–Crippen LogP) is 1.88. The maximum absolute atomic E-state index is 8.79. The van der Waals surface area contributed by atoms with Gasteiger partial charge in [-0.15, -0.1) is 0 Å². The van der Waals surface area contributed by atoms with Crippen LogP contribution in [0.3, 0.4) is 0 Å². The number of hydrogen-bond acceptors (Lipinski definition) is 3. The topological polar surface area (TPSA) is 86.2 Å². The maximum atomic E-state index is 8.79. The van der Waals surface area contributed by atoms with Gasteiger partial charge in [-0.1, -0.05) is 26.7 Å². The monoisotopic (exact) mass is 283 g/mol. The number of hydrogen-bond donors (Lipinski definition) is 3. The molecule has 0 radical (unpaired) electrons. The molecule has 0 aliphatic rings. The van der Waals surface area contributed by atoms with E-state index in [1.54, 1.807) is 12.1 Å². The number of nitrogens with two attached hydrogens (primary N) is 1. The van der Waals surface area contributed by atoms with Crippen molar-refractivity contribution in [2.75, 3.05) is 18.4 Å². The highest BCUT2D eigenvalue weighted by Crippen LogP contribution is 2.11. The van der Waals surface area contributed by atoms with Gasteiger partial charge in [0, 0.05) is 18.3 Å². The Balaban J connectivity index is 2.80. The molecule has 5 heteroatoms. The van der Waals surface area contributed by atoms with Crippen LogP contribution in [0, 0.1) is 28.7 Å². The molecule has 0 aliphatic carbocycles. The molecule has 0 bridgehead atoms. The lowest BCUT2D eigenvalue weighted by Gasteiger charge is -2.20. The molecule has 21 heavy (non-hydrogen) atoms. The molecule has 5 nitrogen and oxygen atoms in total. The second kappa shape index (κ2) is 7.94. The molecule has 0 fully saturated rings. The summed E-state index contributed by atoms with van der Waals surface area (Å²) in [6.07, 6.45) is 0. The third-order valence-corrected chi connectivity index (χ3v) is 2.41. The Kier molecular flexibility index (Phi) is 6.26. The smallest absolute Gasteiger partial charge is 0.209 e. The molecule has 0 amide bonds. The van der Waals surface area contributed by atoms with Crippen LogP contribution in [0.4, 0.5) is 5.69 Å². The highest BCUT2D eigenvalue weighted by atomic mass is 15.2. The maximum Gasteiger partial charge on any atom is 0.209 e. The highest BCUT2D eigenvalue weighted by molar-refractivity contribution is 5.94. The Hall–Kier alpha value is -2.50. The van der Waals surface area contributed by atoms with Crippen molar-refractivity contribution in [2.24, 2.45) is 16.1 Å². The molecule has 0 saturated carbocycles. The zero-order valence-corrected chi connectivity index (χ0v) is 12.7. The van der Waals surface area contributed by atoms with Crippen LogP contribution in [0.25, 0.3) is 0 Å². The van der Waals surface area contributed by atoms with Gasteiger partial charge in [0.1, 0.15) is 0 Å². The number of nitrogens with one attached hydrogen (secondary N) is 2. The fourth-order valence-electron chi connectivity index (χ4n) is 1.37. The van der Waals surface area contributed by atoms with Gasteiger partial charge in [-0.2, -0.15) is 10.3 Å². The zero-order valence-electron chi connectivity index (χ0n) is 12.7. The van der Waals surface area contributed by atoms with Crippen LogP contribution in [0.2, 0.25) is 0 Å². The third kappa shape index (κ3) is 7.00. The molecule has 0 atom stereocenters. The molecular weight excluding hydrogens is 262 g/mol. The second-order valence-electron chi connectivity index (χ2n) is 5.68. The fraction of sp³-hybridized carbons (Fsp3) is 0.375. The summed E-state index contributed by atoms with van der Waals surface area (Å²) in [7, 11) is 0. The number of guanidine groups is 1. The third-order valence-electron chi connectivity index (χ3n) is 2.41. The number of rotatable bonds is 2. The van der Waals surface area contributed by atoms with Crippen LogP contribution in [0.1, 0.15) is 26.3 Å². The summed E-state index contributed by atoms with van der Waals surface area (Å²) in [5.74, 6) is 3.26. The van der Waals surface area contributed by atoms with Crippen molar-refractivity contribution in [2.45, 2.75) is 20.8 Å². The number of nitriles is 1. The molecule has 0 heterocycles. The number of benzene rings is 1. The Morgan fingerprint density at radius 3 is 2.48 bits per heavy atom. The Bertz CT molecular complexity index is 576. The van der Waals surface area contributed by atoms with Crippen molar-refractivity contribution < 1.29 is 0 Å². The average Bonchev–Trinajstić information content (AvgIpc) is 2.45. The van der Waals surface area contributed by atoms with E-state index in [0.717, 1.165) is 12.2 Å². The van der Waals surface area contributed by atoms with Gasteiger partial charge in [0.15, 0.2) is 0 Å². The molecule has 0 aromatic heterocycles. The molecule has 110 valence electrons. The minimum absolute atomic E-state index is 0.119. The SMILES string of the molecule is CC(C)(C)CNC(=NC#CCN)Nc1ccc(C#N)cc1. The molecule has 0 spiro atoms. The normalized spacial score (nSPS) is 11.1. The predicted molar refractivity (Wildman–Crippen MR) is 86.5 cm³/mol. The van der Waals surface area contributed by atoms with Crippen molar-refractivity contribution in [3.8, 4) is 18.0 Å². The zero-order chi connectivity index (χ0) is 15.7. The van der Waals surface area contributed by atoms with E-state index in [4.69, 9.17) is 11.0 Å². The lowest BCUT2D eigenvalue weighted by atomic mass is 9.97. The van der Waals surface area contributed by atoms with Crippen LogP contribution >= 0.6 is 0 Å². The first-order valence-electron chi connectivity index (χ1n) is 6.71. The van der Waals surface area contributed by atoms with Crippen LogP contribution in [-0.2, 0) is 0 Å². The van der Waals surface area contributed by atoms with Crippen LogP contribution in [0.5, 0.6) is 0 Å². The van der Waals surface area contributed by atoms with Crippen molar-refractivity contribution in [1.82, 2.24) is 5.32 Å². The molecular formula is C16H21N5. The fourth-order valence-corrected chi connectivity index (χ4v) is 1.37. The van der Waals surface area contributed by atoms with Crippen LogP contribution < -0.4 is 16.4 Å². The largest absolute Gasteiger partial charge is 0.355 e. The minimum Gasteiger partial charge on any atom is -0.355 e. The van der Waals surface area contributed by atoms with Gasteiger partial charge in [0.25, 0.3) is 0 Å². The van der Waals surface area contributed by atoms with E-state index in [2.05, 4.69) is 54.4 Å². The summed E-state index contributed by atoms with van der Waals surface area (Å²) in [4.78, 5) is 4.14. The standard InChI is InChI=1S/C16H21N5/c1-16(2,3)12-20-15(19-10-4-9-17)21-14-7-5-13(11-18)6-8-14/h5-8H,9,12,17H2,1-3H3,(H2,19,20,21). The first-order valence-corrected chi connectivity index (χ1v) is 6.71. The number of nitrogens with zero attached hydrogens (tertiary/aromatic N) is 2. The summed E-state index contributed by atoms with van der Waals surface area (Å²) in [6.45, 7) is 7.41. The van der Waals surface area contributed by atoms with Gasteiger partial charge in [0.05, 0.1) is 18.2 Å².